The molecule has 0 N–H and O–H groups in total. The molecule has 0 saturated carbocycles. The second-order valence-corrected chi connectivity index (χ2v) is 4.57. The third-order valence-electron chi connectivity index (χ3n) is 3.39. The standard InChI is InChI=1S/C14H15FN2O2/c1-19-14(18)13-3-2-6-17(13)9-11-5-4-10(8-16)7-12(11)15/h4-5,7,13H,2-3,6,9H2,1H3. The van der Waals surface area contributed by atoms with E-state index in [2.05, 4.69) is 0 Å². The summed E-state index contributed by atoms with van der Waals surface area (Å²) in [5, 5.41) is 8.70. The number of ether oxygens (including phenoxy) is 1. The van der Waals surface area contributed by atoms with Crippen LogP contribution in [0.25, 0.3) is 0 Å². The van der Waals surface area contributed by atoms with E-state index in [9.17, 15) is 9.18 Å². The predicted octanol–water partition coefficient (Wildman–Crippen LogP) is 1.83. The Balaban J connectivity index is 2.12. The first kappa shape index (κ1) is 13.5. The quantitative estimate of drug-likeness (QED) is 0.780. The fraction of sp³-hybridized carbons (Fsp3) is 0.429. The number of rotatable bonds is 3. The van der Waals surface area contributed by atoms with Crippen molar-refractivity contribution in [3.8, 4) is 6.07 Å². The van der Waals surface area contributed by atoms with Crippen molar-refractivity contribution in [3.05, 3.63) is 35.1 Å². The summed E-state index contributed by atoms with van der Waals surface area (Å²) in [6.45, 7) is 1.11. The lowest BCUT2D eigenvalue weighted by Crippen LogP contribution is -2.36. The zero-order valence-electron chi connectivity index (χ0n) is 10.7. The van der Waals surface area contributed by atoms with Crippen LogP contribution in [0.5, 0.6) is 0 Å². The van der Waals surface area contributed by atoms with Crippen molar-refractivity contribution in [1.29, 1.82) is 5.26 Å². The van der Waals surface area contributed by atoms with Gasteiger partial charge in [-0.2, -0.15) is 5.26 Å². The van der Waals surface area contributed by atoms with Gasteiger partial charge in [0.05, 0.1) is 18.7 Å². The second kappa shape index (κ2) is 5.81. The largest absolute Gasteiger partial charge is 0.468 e. The smallest absolute Gasteiger partial charge is 0.323 e. The molecule has 1 aromatic rings. The highest BCUT2D eigenvalue weighted by Crippen LogP contribution is 2.22. The van der Waals surface area contributed by atoms with Crippen molar-refractivity contribution < 1.29 is 13.9 Å². The molecule has 5 heteroatoms. The normalized spacial score (nSPS) is 19.1. The van der Waals surface area contributed by atoms with Crippen LogP contribution in [0.2, 0.25) is 0 Å². The van der Waals surface area contributed by atoms with Gasteiger partial charge in [0.1, 0.15) is 11.9 Å². The molecule has 0 aromatic heterocycles. The van der Waals surface area contributed by atoms with Crippen LogP contribution in [0, 0.1) is 17.1 Å². The van der Waals surface area contributed by atoms with E-state index in [1.807, 2.05) is 11.0 Å². The first-order chi connectivity index (χ1) is 9.15. The Morgan fingerprint density at radius 3 is 3.05 bits per heavy atom. The van der Waals surface area contributed by atoms with E-state index in [0.717, 1.165) is 19.4 Å². The number of benzene rings is 1. The van der Waals surface area contributed by atoms with Gasteiger partial charge < -0.3 is 4.74 Å². The fourth-order valence-electron chi connectivity index (χ4n) is 2.38. The van der Waals surface area contributed by atoms with Gasteiger partial charge in [0.2, 0.25) is 0 Å². The van der Waals surface area contributed by atoms with Crippen LogP contribution < -0.4 is 0 Å². The van der Waals surface area contributed by atoms with Crippen LogP contribution in [-0.2, 0) is 16.1 Å². The molecule has 1 saturated heterocycles. The molecular formula is C14H15FN2O2. The van der Waals surface area contributed by atoms with Crippen LogP contribution in [0.15, 0.2) is 18.2 Å². The predicted molar refractivity (Wildman–Crippen MR) is 66.6 cm³/mol. The van der Waals surface area contributed by atoms with Crippen molar-refractivity contribution in [1.82, 2.24) is 4.90 Å². The molecule has 0 radical (unpaired) electrons. The number of halogens is 1. The van der Waals surface area contributed by atoms with Crippen molar-refractivity contribution in [2.45, 2.75) is 25.4 Å². The molecule has 0 bridgehead atoms. The van der Waals surface area contributed by atoms with Crippen LogP contribution in [0.3, 0.4) is 0 Å². The van der Waals surface area contributed by atoms with E-state index >= 15 is 0 Å². The number of nitrogens with zero attached hydrogens (tertiary/aromatic N) is 2. The Labute approximate surface area is 111 Å². The minimum absolute atomic E-state index is 0.272. The monoisotopic (exact) mass is 262 g/mol. The third-order valence-corrected chi connectivity index (χ3v) is 3.39. The number of esters is 1. The lowest BCUT2D eigenvalue weighted by atomic mass is 10.1. The van der Waals surface area contributed by atoms with Gasteiger partial charge in [-0.15, -0.1) is 0 Å². The summed E-state index contributed by atoms with van der Waals surface area (Å²) in [5.41, 5.74) is 0.794. The maximum atomic E-state index is 13.8. The Hall–Kier alpha value is -1.93. The van der Waals surface area contributed by atoms with Crippen LogP contribution >= 0.6 is 0 Å². The molecule has 1 unspecified atom stereocenters. The lowest BCUT2D eigenvalue weighted by molar-refractivity contribution is -0.146. The highest BCUT2D eigenvalue weighted by Gasteiger charge is 2.31. The topological polar surface area (TPSA) is 53.3 Å². The van der Waals surface area contributed by atoms with Crippen molar-refractivity contribution in [2.24, 2.45) is 0 Å². The number of methoxy groups -OCH3 is 1. The Morgan fingerprint density at radius 1 is 1.63 bits per heavy atom. The minimum atomic E-state index is -0.408. The molecular weight excluding hydrogens is 247 g/mol. The molecule has 2 rings (SSSR count). The maximum Gasteiger partial charge on any atom is 0.323 e. The van der Waals surface area contributed by atoms with Crippen molar-refractivity contribution >= 4 is 5.97 Å². The van der Waals surface area contributed by atoms with Gasteiger partial charge in [0.25, 0.3) is 0 Å². The van der Waals surface area contributed by atoms with E-state index in [-0.39, 0.29) is 12.0 Å². The molecule has 100 valence electrons. The number of carbonyl (C=O) groups excluding carboxylic acids is 1. The number of likely N-dealkylation sites (tertiary alicyclic amines) is 1. The fourth-order valence-corrected chi connectivity index (χ4v) is 2.38. The number of hydrogen-bond donors (Lipinski definition) is 0. The Morgan fingerprint density at radius 2 is 2.42 bits per heavy atom. The molecule has 1 heterocycles. The zero-order chi connectivity index (χ0) is 13.8. The molecule has 19 heavy (non-hydrogen) atoms. The number of carbonyl (C=O) groups is 1. The highest BCUT2D eigenvalue weighted by molar-refractivity contribution is 5.75. The summed E-state index contributed by atoms with van der Waals surface area (Å²) < 4.78 is 18.6. The molecule has 0 aliphatic carbocycles. The van der Waals surface area contributed by atoms with Crippen molar-refractivity contribution in [3.63, 3.8) is 0 Å². The summed E-state index contributed by atoms with van der Waals surface area (Å²) in [4.78, 5) is 13.5. The zero-order valence-corrected chi connectivity index (χ0v) is 10.7. The molecule has 1 aromatic carbocycles. The van der Waals surface area contributed by atoms with Gasteiger partial charge >= 0.3 is 5.97 Å². The molecule has 1 aliphatic rings. The van der Waals surface area contributed by atoms with Gasteiger partial charge in [-0.1, -0.05) is 6.07 Å². The molecule has 1 atom stereocenters. The van der Waals surface area contributed by atoms with Gasteiger partial charge in [-0.05, 0) is 31.5 Å². The van der Waals surface area contributed by atoms with E-state index in [1.165, 1.54) is 13.2 Å². The van der Waals surface area contributed by atoms with E-state index in [4.69, 9.17) is 10.00 Å². The summed E-state index contributed by atoms with van der Waals surface area (Å²) in [6, 6.07) is 6.01. The first-order valence-corrected chi connectivity index (χ1v) is 6.16. The molecule has 0 amide bonds. The summed E-state index contributed by atoms with van der Waals surface area (Å²) >= 11 is 0. The Kier molecular flexibility index (Phi) is 4.13. The average molecular weight is 262 g/mol. The highest BCUT2D eigenvalue weighted by atomic mass is 19.1. The summed E-state index contributed by atoms with van der Waals surface area (Å²) in [7, 11) is 1.36. The molecule has 1 fully saturated rings. The van der Waals surface area contributed by atoms with Crippen LogP contribution in [0.1, 0.15) is 24.0 Å². The Bertz CT molecular complexity index is 525. The summed E-state index contributed by atoms with van der Waals surface area (Å²) in [6.07, 6.45) is 1.64. The maximum absolute atomic E-state index is 13.8. The average Bonchev–Trinajstić information content (AvgIpc) is 2.88. The van der Waals surface area contributed by atoms with Crippen molar-refractivity contribution in [2.75, 3.05) is 13.7 Å². The molecule has 4 nitrogen and oxygen atoms in total. The van der Waals surface area contributed by atoms with E-state index in [1.54, 1.807) is 12.1 Å². The molecule has 0 spiro atoms. The van der Waals surface area contributed by atoms with Gasteiger partial charge in [-0.3, -0.25) is 9.69 Å². The SMILES string of the molecule is COC(=O)C1CCCN1Cc1ccc(C#N)cc1F. The van der Waals surface area contributed by atoms with E-state index < -0.39 is 5.82 Å². The summed E-state index contributed by atoms with van der Waals surface area (Å²) in [5.74, 6) is -0.680. The third kappa shape index (κ3) is 2.91. The van der Waals surface area contributed by atoms with Gasteiger partial charge in [0, 0.05) is 12.1 Å². The van der Waals surface area contributed by atoms with Crippen LogP contribution in [0.4, 0.5) is 4.39 Å². The van der Waals surface area contributed by atoms with Gasteiger partial charge in [0.15, 0.2) is 0 Å². The number of nitriles is 1. The lowest BCUT2D eigenvalue weighted by Gasteiger charge is -2.22. The molecule has 1 aliphatic heterocycles. The first-order valence-electron chi connectivity index (χ1n) is 6.16. The second-order valence-electron chi connectivity index (χ2n) is 4.57. The number of hydrogen-bond acceptors (Lipinski definition) is 4. The minimum Gasteiger partial charge on any atom is -0.468 e. The van der Waals surface area contributed by atoms with Crippen LogP contribution in [-0.4, -0.2) is 30.6 Å². The van der Waals surface area contributed by atoms with E-state index in [0.29, 0.717) is 17.7 Å². The van der Waals surface area contributed by atoms with Gasteiger partial charge in [-0.25, -0.2) is 4.39 Å².